The van der Waals surface area contributed by atoms with Crippen LogP contribution in [0.1, 0.15) is 27.3 Å². The van der Waals surface area contributed by atoms with Crippen LogP contribution in [0.3, 0.4) is 0 Å². The van der Waals surface area contributed by atoms with Gasteiger partial charge >= 0.3 is 0 Å². The topological polar surface area (TPSA) is 156 Å². The highest BCUT2D eigenvalue weighted by Gasteiger charge is 2.24. The number of nitrogen functional groups attached to an aromatic ring is 1. The van der Waals surface area contributed by atoms with E-state index < -0.39 is 5.91 Å². The molecule has 0 aliphatic carbocycles. The molecule has 0 saturated carbocycles. The SMILES string of the molecule is COc1ccc(OC)c(/C=N\NC(=O)c2nnn(-c3nonc3N)c2CSc2ccc(C)cc2)c1. The molecule has 0 aliphatic rings. The van der Waals surface area contributed by atoms with Gasteiger partial charge in [0.15, 0.2) is 5.69 Å². The number of nitrogens with zero attached hydrogens (tertiary/aromatic N) is 6. The normalized spacial score (nSPS) is 11.1. The smallest absolute Gasteiger partial charge is 0.293 e. The molecular formula is C22H22N8O4S. The summed E-state index contributed by atoms with van der Waals surface area (Å²) >= 11 is 1.50. The number of nitrogens with two attached hydrogens (primary N) is 1. The number of thioether (sulfide) groups is 1. The Morgan fingerprint density at radius 3 is 2.69 bits per heavy atom. The summed E-state index contributed by atoms with van der Waals surface area (Å²) < 4.78 is 16.6. The zero-order valence-corrected chi connectivity index (χ0v) is 19.9. The van der Waals surface area contributed by atoms with Gasteiger partial charge in [-0.05, 0) is 47.6 Å². The van der Waals surface area contributed by atoms with Gasteiger partial charge < -0.3 is 15.2 Å². The lowest BCUT2D eigenvalue weighted by Crippen LogP contribution is -2.20. The number of hydrazone groups is 1. The molecule has 2 heterocycles. The van der Waals surface area contributed by atoms with Gasteiger partial charge in [0.1, 0.15) is 11.5 Å². The number of aromatic nitrogens is 5. The van der Waals surface area contributed by atoms with E-state index in [1.54, 1.807) is 32.4 Å². The zero-order valence-electron chi connectivity index (χ0n) is 19.1. The van der Waals surface area contributed by atoms with E-state index in [1.165, 1.54) is 22.7 Å². The molecule has 12 nitrogen and oxygen atoms in total. The highest BCUT2D eigenvalue weighted by molar-refractivity contribution is 7.98. The summed E-state index contributed by atoms with van der Waals surface area (Å²) in [7, 11) is 3.10. The molecule has 3 N–H and O–H groups in total. The number of methoxy groups -OCH3 is 2. The third-order valence-electron chi connectivity index (χ3n) is 4.88. The Balaban J connectivity index is 1.58. The van der Waals surface area contributed by atoms with E-state index in [1.807, 2.05) is 31.2 Å². The Hall–Kier alpha value is -4.39. The van der Waals surface area contributed by atoms with Gasteiger partial charge in [0.25, 0.3) is 5.91 Å². The number of anilines is 1. The van der Waals surface area contributed by atoms with Gasteiger partial charge in [-0.3, -0.25) is 4.79 Å². The summed E-state index contributed by atoms with van der Waals surface area (Å²) in [5.41, 5.74) is 10.6. The van der Waals surface area contributed by atoms with E-state index in [2.05, 4.69) is 35.8 Å². The van der Waals surface area contributed by atoms with Gasteiger partial charge in [0.05, 0.1) is 26.1 Å². The number of amides is 1. The zero-order chi connectivity index (χ0) is 24.8. The minimum atomic E-state index is -0.566. The molecule has 4 aromatic rings. The second-order valence-corrected chi connectivity index (χ2v) is 8.23. The Morgan fingerprint density at radius 1 is 1.20 bits per heavy atom. The number of ether oxygens (including phenoxy) is 2. The van der Waals surface area contributed by atoms with Crippen LogP contribution >= 0.6 is 11.8 Å². The van der Waals surface area contributed by atoms with Crippen molar-refractivity contribution in [2.75, 3.05) is 20.0 Å². The van der Waals surface area contributed by atoms with E-state index in [0.29, 0.717) is 28.5 Å². The first kappa shape index (κ1) is 23.8. The molecule has 180 valence electrons. The van der Waals surface area contributed by atoms with Crippen LogP contribution in [-0.2, 0) is 5.75 Å². The van der Waals surface area contributed by atoms with Crippen molar-refractivity contribution in [3.63, 3.8) is 0 Å². The molecule has 0 atom stereocenters. The van der Waals surface area contributed by atoms with Crippen LogP contribution in [0.25, 0.3) is 5.82 Å². The van der Waals surface area contributed by atoms with E-state index in [-0.39, 0.29) is 17.3 Å². The van der Waals surface area contributed by atoms with Gasteiger partial charge in [-0.2, -0.15) is 9.78 Å². The molecule has 0 saturated heterocycles. The first-order valence-corrected chi connectivity index (χ1v) is 11.3. The lowest BCUT2D eigenvalue weighted by atomic mass is 10.2. The number of carbonyl (C=O) groups is 1. The van der Waals surface area contributed by atoms with E-state index >= 15 is 0 Å². The molecule has 0 aliphatic heterocycles. The van der Waals surface area contributed by atoms with Crippen LogP contribution < -0.4 is 20.6 Å². The number of rotatable bonds is 9. The van der Waals surface area contributed by atoms with Crippen LogP contribution in [0.5, 0.6) is 11.5 Å². The van der Waals surface area contributed by atoms with Gasteiger partial charge in [-0.1, -0.05) is 22.9 Å². The van der Waals surface area contributed by atoms with Crippen molar-refractivity contribution in [1.29, 1.82) is 0 Å². The summed E-state index contributed by atoms with van der Waals surface area (Å²) in [6.45, 7) is 2.01. The fourth-order valence-electron chi connectivity index (χ4n) is 3.06. The number of hydrogen-bond acceptors (Lipinski definition) is 11. The number of nitrogens with one attached hydrogen (secondary N) is 1. The molecule has 2 aromatic heterocycles. The molecule has 4 rings (SSSR count). The van der Waals surface area contributed by atoms with Crippen molar-refractivity contribution >= 4 is 29.7 Å². The second kappa shape index (κ2) is 10.7. The van der Waals surface area contributed by atoms with Crippen LogP contribution in [0, 0.1) is 6.92 Å². The quantitative estimate of drug-likeness (QED) is 0.201. The Labute approximate surface area is 204 Å². The van der Waals surface area contributed by atoms with Crippen molar-refractivity contribution in [2.45, 2.75) is 17.6 Å². The highest BCUT2D eigenvalue weighted by Crippen LogP contribution is 2.26. The summed E-state index contributed by atoms with van der Waals surface area (Å²) in [6.07, 6.45) is 1.45. The van der Waals surface area contributed by atoms with Gasteiger partial charge in [0, 0.05) is 16.2 Å². The summed E-state index contributed by atoms with van der Waals surface area (Å²) in [5.74, 6) is 1.13. The van der Waals surface area contributed by atoms with Crippen LogP contribution in [0.4, 0.5) is 5.82 Å². The first-order chi connectivity index (χ1) is 17.0. The molecule has 13 heteroatoms. The number of benzene rings is 2. The highest BCUT2D eigenvalue weighted by atomic mass is 32.2. The van der Waals surface area contributed by atoms with Gasteiger partial charge in [-0.15, -0.1) is 16.9 Å². The van der Waals surface area contributed by atoms with Gasteiger partial charge in [0.2, 0.25) is 11.6 Å². The summed E-state index contributed by atoms with van der Waals surface area (Å²) in [4.78, 5) is 14.0. The maximum absolute atomic E-state index is 13.0. The second-order valence-electron chi connectivity index (χ2n) is 7.18. The Bertz CT molecular complexity index is 1350. The fraction of sp³-hybridized carbons (Fsp3) is 0.182. The van der Waals surface area contributed by atoms with E-state index in [4.69, 9.17) is 15.2 Å². The molecule has 35 heavy (non-hydrogen) atoms. The standard InChI is InChI=1S/C22H22N8O4S/c1-13-4-7-16(8-5-13)35-12-17-19(25-29-30(17)21-20(23)27-34-28-21)22(31)26-24-11-14-10-15(32-2)6-9-18(14)33-3/h4-11H,12H2,1-3H3,(H2,23,27)(H,26,31)/b24-11-. The van der Waals surface area contributed by atoms with Gasteiger partial charge in [-0.25, -0.2) is 10.1 Å². The van der Waals surface area contributed by atoms with E-state index in [9.17, 15) is 4.79 Å². The van der Waals surface area contributed by atoms with Crippen LogP contribution in [-0.4, -0.2) is 51.6 Å². The molecule has 0 bridgehead atoms. The largest absolute Gasteiger partial charge is 0.497 e. The summed E-state index contributed by atoms with van der Waals surface area (Å²) in [5, 5.41) is 19.5. The Morgan fingerprint density at radius 2 is 2.00 bits per heavy atom. The van der Waals surface area contributed by atoms with Crippen molar-refractivity contribution in [1.82, 2.24) is 30.7 Å². The lowest BCUT2D eigenvalue weighted by Gasteiger charge is -2.07. The number of hydrogen-bond donors (Lipinski definition) is 2. The van der Waals surface area contributed by atoms with Crippen molar-refractivity contribution in [3.05, 3.63) is 65.0 Å². The number of carbonyl (C=O) groups excluding carboxylic acids is 1. The van der Waals surface area contributed by atoms with Crippen molar-refractivity contribution < 1.29 is 18.9 Å². The van der Waals surface area contributed by atoms with E-state index in [0.717, 1.165) is 10.5 Å². The minimum absolute atomic E-state index is 0.0200. The maximum Gasteiger partial charge on any atom is 0.293 e. The first-order valence-electron chi connectivity index (χ1n) is 10.3. The third kappa shape index (κ3) is 5.41. The summed E-state index contributed by atoms with van der Waals surface area (Å²) in [6, 6.07) is 13.2. The predicted molar refractivity (Wildman–Crippen MR) is 129 cm³/mol. The molecule has 0 fully saturated rings. The molecule has 0 unspecified atom stereocenters. The monoisotopic (exact) mass is 494 g/mol. The predicted octanol–water partition coefficient (Wildman–Crippen LogP) is 2.61. The molecule has 2 aromatic carbocycles. The fourth-order valence-corrected chi connectivity index (χ4v) is 3.95. The molecular weight excluding hydrogens is 472 g/mol. The molecule has 0 radical (unpaired) electrons. The lowest BCUT2D eigenvalue weighted by molar-refractivity contribution is 0.0949. The average molecular weight is 495 g/mol. The molecule has 1 amide bonds. The van der Waals surface area contributed by atoms with Crippen LogP contribution in [0.2, 0.25) is 0 Å². The van der Waals surface area contributed by atoms with Crippen molar-refractivity contribution in [3.8, 4) is 17.3 Å². The van der Waals surface area contributed by atoms with Crippen LogP contribution in [0.15, 0.2) is 57.1 Å². The molecule has 0 spiro atoms. The maximum atomic E-state index is 13.0. The average Bonchev–Trinajstić information content (AvgIpc) is 3.49. The third-order valence-corrected chi connectivity index (χ3v) is 5.90. The van der Waals surface area contributed by atoms with Crippen molar-refractivity contribution in [2.24, 2.45) is 5.10 Å². The number of aryl methyl sites for hydroxylation is 1. The Kier molecular flexibility index (Phi) is 7.26. The minimum Gasteiger partial charge on any atom is -0.497 e.